The molecule has 0 atom stereocenters. The number of amides is 1. The molecule has 0 fully saturated rings. The Kier molecular flexibility index (Phi) is 5.76. The van der Waals surface area contributed by atoms with Gasteiger partial charge in [-0.25, -0.2) is 4.90 Å². The van der Waals surface area contributed by atoms with Crippen molar-refractivity contribution in [2.45, 2.75) is 18.4 Å². The van der Waals surface area contributed by atoms with Gasteiger partial charge in [0.05, 0.1) is 27.7 Å². The Bertz CT molecular complexity index is 314. The molecule has 0 saturated heterocycles. The Labute approximate surface area is 110 Å². The van der Waals surface area contributed by atoms with Crippen LogP contribution in [0, 0.1) is 0 Å². The zero-order valence-corrected chi connectivity index (χ0v) is 11.9. The summed E-state index contributed by atoms with van der Waals surface area (Å²) in [5, 5.41) is 1.85. The Morgan fingerprint density at radius 3 is 2.00 bits per heavy atom. The average Bonchev–Trinajstić information content (AvgIpc) is 2.22. The molecule has 114 valence electrons. The fraction of sp³-hybridized carbons (Fsp3) is 0.909. The molecule has 0 heterocycles. The number of carbonyl (C=O) groups excluding carboxylic acids is 1. The quantitative estimate of drug-likeness (QED) is 0.328. The van der Waals surface area contributed by atoms with Crippen molar-refractivity contribution >= 4 is 5.91 Å². The summed E-state index contributed by atoms with van der Waals surface area (Å²) in [6.07, 6.45) is 0.429. The van der Waals surface area contributed by atoms with E-state index in [1.165, 1.54) is 0 Å². The third kappa shape index (κ3) is 4.94. The van der Waals surface area contributed by atoms with Crippen molar-refractivity contribution in [3.8, 4) is 0 Å². The highest BCUT2D eigenvalue weighted by Crippen LogP contribution is 2.35. The molecular formula is C11H22F4N3O+. The second-order valence-corrected chi connectivity index (χ2v) is 5.63. The summed E-state index contributed by atoms with van der Waals surface area (Å²) in [6.45, 7) is 0.573. The van der Waals surface area contributed by atoms with Crippen molar-refractivity contribution in [3.05, 3.63) is 0 Å². The van der Waals surface area contributed by atoms with Crippen molar-refractivity contribution in [1.29, 1.82) is 0 Å². The van der Waals surface area contributed by atoms with E-state index in [2.05, 4.69) is 0 Å². The molecule has 0 aromatic carbocycles. The van der Waals surface area contributed by atoms with Gasteiger partial charge in [-0.2, -0.15) is 17.6 Å². The van der Waals surface area contributed by atoms with Crippen molar-refractivity contribution in [2.75, 3.05) is 48.3 Å². The van der Waals surface area contributed by atoms with Crippen LogP contribution < -0.4 is 5.32 Å². The Morgan fingerprint density at radius 1 is 1.16 bits per heavy atom. The number of rotatable bonds is 7. The SMILES string of the molecule is CN(C)C(F)(F)C(F)(F)C(=O)NCCC[N+](C)(C)C. The van der Waals surface area contributed by atoms with Gasteiger partial charge >= 0.3 is 12.0 Å². The van der Waals surface area contributed by atoms with E-state index in [-0.39, 0.29) is 11.4 Å². The fourth-order valence-corrected chi connectivity index (χ4v) is 1.28. The first kappa shape index (κ1) is 18.1. The molecule has 0 unspecified atom stereocenters. The molecule has 0 rings (SSSR count). The van der Waals surface area contributed by atoms with E-state index in [4.69, 9.17) is 0 Å². The summed E-state index contributed by atoms with van der Waals surface area (Å²) in [6, 6.07) is -4.52. The van der Waals surface area contributed by atoms with Crippen LogP contribution >= 0.6 is 0 Å². The number of carbonyl (C=O) groups is 1. The van der Waals surface area contributed by atoms with Crippen LogP contribution in [0.15, 0.2) is 0 Å². The summed E-state index contributed by atoms with van der Waals surface area (Å²) < 4.78 is 53.6. The van der Waals surface area contributed by atoms with E-state index in [0.717, 1.165) is 14.1 Å². The van der Waals surface area contributed by atoms with Gasteiger partial charge in [-0.05, 0) is 14.1 Å². The summed E-state index contributed by atoms with van der Waals surface area (Å²) in [4.78, 5) is 11.2. The average molecular weight is 288 g/mol. The lowest BCUT2D eigenvalue weighted by molar-refractivity contribution is -0.870. The van der Waals surface area contributed by atoms with Gasteiger partial charge in [0.25, 0.3) is 5.91 Å². The molecule has 0 saturated carbocycles. The summed E-state index contributed by atoms with van der Waals surface area (Å²) in [7, 11) is 7.28. The lowest BCUT2D eigenvalue weighted by Crippen LogP contribution is -2.59. The molecule has 1 N–H and O–H groups in total. The number of nitrogens with zero attached hydrogens (tertiary/aromatic N) is 2. The number of halogens is 4. The largest absolute Gasteiger partial charge is 0.400 e. The summed E-state index contributed by atoms with van der Waals surface area (Å²) in [5.41, 5.74) is 0. The number of quaternary nitrogens is 1. The molecule has 19 heavy (non-hydrogen) atoms. The first-order valence-corrected chi connectivity index (χ1v) is 5.84. The second kappa shape index (κ2) is 6.04. The predicted octanol–water partition coefficient (Wildman–Crippen LogP) is 0.989. The van der Waals surface area contributed by atoms with Crippen molar-refractivity contribution in [2.24, 2.45) is 0 Å². The number of hydrogen-bond donors (Lipinski definition) is 1. The number of alkyl halides is 4. The molecular weight excluding hydrogens is 266 g/mol. The van der Waals surface area contributed by atoms with Gasteiger partial charge in [-0.15, -0.1) is 0 Å². The molecule has 0 aromatic rings. The highest BCUT2D eigenvalue weighted by molar-refractivity contribution is 5.84. The molecule has 0 bridgehead atoms. The minimum Gasteiger partial charge on any atom is -0.350 e. The number of hydrogen-bond acceptors (Lipinski definition) is 2. The van der Waals surface area contributed by atoms with E-state index < -0.39 is 17.9 Å². The van der Waals surface area contributed by atoms with E-state index >= 15 is 0 Å². The molecule has 0 spiro atoms. The van der Waals surface area contributed by atoms with Gasteiger partial charge in [-0.3, -0.25) is 4.79 Å². The highest BCUT2D eigenvalue weighted by atomic mass is 19.3. The predicted molar refractivity (Wildman–Crippen MR) is 64.1 cm³/mol. The van der Waals surface area contributed by atoms with E-state index in [1.54, 1.807) is 0 Å². The van der Waals surface area contributed by atoms with Crippen LogP contribution in [0.25, 0.3) is 0 Å². The van der Waals surface area contributed by atoms with E-state index in [9.17, 15) is 22.4 Å². The molecule has 0 aliphatic rings. The zero-order chi connectivity index (χ0) is 15.5. The standard InChI is InChI=1S/C11H21F4N3O/c1-17(2)11(14,15)10(12,13)9(19)16-7-6-8-18(3,4)5/h6-8H2,1-5H3/p+1. The van der Waals surface area contributed by atoms with Gasteiger partial charge in [0.1, 0.15) is 0 Å². The minimum absolute atomic E-state index is 0.0264. The fourth-order valence-electron chi connectivity index (χ4n) is 1.28. The van der Waals surface area contributed by atoms with Gasteiger partial charge < -0.3 is 9.80 Å². The smallest absolute Gasteiger partial charge is 0.350 e. The summed E-state index contributed by atoms with van der Waals surface area (Å²) in [5.74, 6) is -6.71. The van der Waals surface area contributed by atoms with Crippen molar-refractivity contribution in [3.63, 3.8) is 0 Å². The maximum Gasteiger partial charge on any atom is 0.400 e. The van der Waals surface area contributed by atoms with Crippen molar-refractivity contribution < 1.29 is 26.8 Å². The monoisotopic (exact) mass is 288 g/mol. The third-order valence-electron chi connectivity index (χ3n) is 2.52. The van der Waals surface area contributed by atoms with Crippen LogP contribution in [0.1, 0.15) is 6.42 Å². The van der Waals surface area contributed by atoms with Crippen LogP contribution in [-0.2, 0) is 4.79 Å². The van der Waals surface area contributed by atoms with E-state index in [1.807, 2.05) is 26.5 Å². The minimum atomic E-state index is -4.76. The molecule has 4 nitrogen and oxygen atoms in total. The zero-order valence-electron chi connectivity index (χ0n) is 11.9. The Hall–Kier alpha value is -0.890. The van der Waals surface area contributed by atoms with Gasteiger partial charge in [0.15, 0.2) is 0 Å². The number of nitrogens with one attached hydrogen (secondary N) is 1. The molecule has 0 aliphatic heterocycles. The van der Waals surface area contributed by atoms with Crippen LogP contribution in [0.3, 0.4) is 0 Å². The van der Waals surface area contributed by atoms with Gasteiger partial charge in [0.2, 0.25) is 0 Å². The highest BCUT2D eigenvalue weighted by Gasteiger charge is 2.63. The maximum absolute atomic E-state index is 13.3. The Balaban J connectivity index is 4.42. The lowest BCUT2D eigenvalue weighted by Gasteiger charge is -2.30. The van der Waals surface area contributed by atoms with Crippen molar-refractivity contribution in [1.82, 2.24) is 10.2 Å². The van der Waals surface area contributed by atoms with Gasteiger partial charge in [-0.1, -0.05) is 0 Å². The normalized spacial score (nSPS) is 13.8. The summed E-state index contributed by atoms with van der Waals surface area (Å²) >= 11 is 0. The van der Waals surface area contributed by atoms with Crippen LogP contribution in [0.5, 0.6) is 0 Å². The Morgan fingerprint density at radius 2 is 1.63 bits per heavy atom. The topological polar surface area (TPSA) is 32.3 Å². The molecule has 0 aromatic heterocycles. The maximum atomic E-state index is 13.3. The lowest BCUT2D eigenvalue weighted by atomic mass is 10.2. The molecule has 0 aliphatic carbocycles. The van der Waals surface area contributed by atoms with E-state index in [0.29, 0.717) is 17.4 Å². The molecule has 8 heteroatoms. The molecule has 0 radical (unpaired) electrons. The first-order valence-electron chi connectivity index (χ1n) is 5.84. The second-order valence-electron chi connectivity index (χ2n) is 5.63. The van der Waals surface area contributed by atoms with Crippen LogP contribution in [0.2, 0.25) is 0 Å². The van der Waals surface area contributed by atoms with Crippen LogP contribution in [-0.4, -0.2) is 75.6 Å². The third-order valence-corrected chi connectivity index (χ3v) is 2.52. The first-order chi connectivity index (χ1) is 8.32. The van der Waals surface area contributed by atoms with Gasteiger partial charge in [0, 0.05) is 13.0 Å². The van der Waals surface area contributed by atoms with Crippen LogP contribution in [0.4, 0.5) is 17.6 Å². The molecule has 1 amide bonds.